The third-order valence-corrected chi connectivity index (χ3v) is 18.0. The van der Waals surface area contributed by atoms with Gasteiger partial charge < -0.3 is 8.85 Å². The molecule has 0 fully saturated rings. The van der Waals surface area contributed by atoms with E-state index in [2.05, 4.69) is 117 Å². The first kappa shape index (κ1) is 30.6. The Hall–Kier alpha value is 0.564. The van der Waals surface area contributed by atoms with Crippen LogP contribution in [0.1, 0.15) is 62.3 Å². The van der Waals surface area contributed by atoms with Gasteiger partial charge in [0.1, 0.15) is 0 Å². The van der Waals surface area contributed by atoms with Crippen LogP contribution in [0.5, 0.6) is 0 Å². The van der Waals surface area contributed by atoms with Crippen LogP contribution >= 0.6 is 22.6 Å². The largest absolute Gasteiger partial charge is 0.413 e. The molecule has 0 aliphatic rings. The van der Waals surface area contributed by atoms with E-state index in [9.17, 15) is 0 Å². The van der Waals surface area contributed by atoms with Crippen LogP contribution in [-0.4, -0.2) is 33.3 Å². The third-order valence-electron chi connectivity index (χ3n) is 7.47. The van der Waals surface area contributed by atoms with Gasteiger partial charge in [-0.2, -0.15) is 0 Å². The summed E-state index contributed by atoms with van der Waals surface area (Å²) in [5.74, 6) is 1.17. The van der Waals surface area contributed by atoms with Gasteiger partial charge in [0.25, 0.3) is 0 Å². The summed E-state index contributed by atoms with van der Waals surface area (Å²) >= 11 is 2.52. The Morgan fingerprint density at radius 3 is 1.80 bits per heavy atom. The molecule has 0 aromatic heterocycles. The highest BCUT2D eigenvalue weighted by Gasteiger charge is 2.44. The molecule has 0 saturated carbocycles. The van der Waals surface area contributed by atoms with Crippen LogP contribution in [0.3, 0.4) is 0 Å². The Balaban J connectivity index is 6.16. The first-order valence-corrected chi connectivity index (χ1v) is 18.9. The molecule has 178 valence electrons. The van der Waals surface area contributed by atoms with E-state index >= 15 is 0 Å². The van der Waals surface area contributed by atoms with Crippen molar-refractivity contribution in [2.24, 2.45) is 17.8 Å². The van der Waals surface area contributed by atoms with Gasteiger partial charge in [-0.05, 0) is 48.1 Å². The van der Waals surface area contributed by atoms with Crippen LogP contribution in [0, 0.1) is 17.8 Å². The van der Waals surface area contributed by atoms with E-state index in [1.807, 2.05) is 6.08 Å². The molecule has 0 aliphatic heterocycles. The lowest BCUT2D eigenvalue weighted by Crippen LogP contribution is -2.52. The monoisotopic (exact) mass is 566 g/mol. The zero-order valence-corrected chi connectivity index (χ0v) is 26.0. The van der Waals surface area contributed by atoms with Crippen molar-refractivity contribution in [3.8, 4) is 0 Å². The van der Waals surface area contributed by atoms with Crippen LogP contribution in [0.15, 0.2) is 24.8 Å². The molecule has 0 rings (SSSR count). The topological polar surface area (TPSA) is 18.5 Å². The van der Waals surface area contributed by atoms with E-state index in [0.29, 0.717) is 17.8 Å². The van der Waals surface area contributed by atoms with Crippen molar-refractivity contribution in [1.29, 1.82) is 0 Å². The average Bonchev–Trinajstić information content (AvgIpc) is 2.69. The van der Waals surface area contributed by atoms with Crippen molar-refractivity contribution in [3.63, 3.8) is 0 Å². The highest BCUT2D eigenvalue weighted by atomic mass is 127. The van der Waals surface area contributed by atoms with Gasteiger partial charge in [-0.15, -0.1) is 0 Å². The maximum Gasteiger partial charge on any atom is 0.192 e. The Morgan fingerprint density at radius 2 is 1.43 bits per heavy atom. The molecule has 0 radical (unpaired) electrons. The molecule has 0 saturated heterocycles. The molecule has 5 heteroatoms. The van der Waals surface area contributed by atoms with E-state index in [1.54, 1.807) is 0 Å². The fraction of sp³-hybridized carbons (Fsp3) is 0.840. The van der Waals surface area contributed by atoms with E-state index < -0.39 is 16.6 Å². The molecule has 5 atom stereocenters. The number of rotatable bonds is 14. The second-order valence-electron chi connectivity index (χ2n) is 10.6. The van der Waals surface area contributed by atoms with Gasteiger partial charge in [0, 0.05) is 10.3 Å². The highest BCUT2D eigenvalue weighted by Crippen LogP contribution is 2.41. The molecule has 0 amide bonds. The van der Waals surface area contributed by atoms with Gasteiger partial charge in [0.15, 0.2) is 16.6 Å². The predicted molar refractivity (Wildman–Crippen MR) is 150 cm³/mol. The minimum absolute atomic E-state index is 0.174. The van der Waals surface area contributed by atoms with Crippen molar-refractivity contribution in [3.05, 3.63) is 24.8 Å². The first-order chi connectivity index (χ1) is 13.8. The second-order valence-corrected chi connectivity index (χ2v) is 21.0. The van der Waals surface area contributed by atoms with Crippen molar-refractivity contribution in [2.45, 2.75) is 111 Å². The van der Waals surface area contributed by atoms with E-state index in [0.717, 1.165) is 4.43 Å². The van der Waals surface area contributed by atoms with Gasteiger partial charge >= 0.3 is 0 Å². The zero-order chi connectivity index (χ0) is 23.8. The summed E-state index contributed by atoms with van der Waals surface area (Å²) in [5.41, 5.74) is 0. The van der Waals surface area contributed by atoms with Crippen molar-refractivity contribution >= 4 is 39.2 Å². The number of alkyl halides is 1. The maximum atomic E-state index is 7.17. The number of halogens is 1. The predicted octanol–water partition coefficient (Wildman–Crippen LogP) is 8.85. The average molecular weight is 567 g/mol. The summed E-state index contributed by atoms with van der Waals surface area (Å²) in [5, 5.41) is 0.204. The van der Waals surface area contributed by atoms with Crippen LogP contribution in [0.25, 0.3) is 0 Å². The lowest BCUT2D eigenvalue weighted by molar-refractivity contribution is -0.00114. The summed E-state index contributed by atoms with van der Waals surface area (Å²) in [4.78, 5) is 0. The second kappa shape index (κ2) is 13.3. The van der Waals surface area contributed by atoms with Crippen LogP contribution < -0.4 is 0 Å². The van der Waals surface area contributed by atoms with Crippen LogP contribution in [0.4, 0.5) is 0 Å². The summed E-state index contributed by atoms with van der Waals surface area (Å²) in [6.45, 7) is 29.6. The SMILES string of the molecule is C=CC=C[C@H](C)[C@H](O[Si](CC)(CC)CC)[C@@H](C)[C@H](O[Si](C)(C)C(C)(C)C)[C@@H](C)CI. The molecule has 0 spiro atoms. The van der Waals surface area contributed by atoms with Gasteiger partial charge in [-0.3, -0.25) is 0 Å². The van der Waals surface area contributed by atoms with Gasteiger partial charge in [-0.25, -0.2) is 0 Å². The Labute approximate surface area is 205 Å². The molecule has 0 aromatic carbocycles. The van der Waals surface area contributed by atoms with Crippen molar-refractivity contribution in [1.82, 2.24) is 0 Å². The Kier molecular flexibility index (Phi) is 13.6. The molecule has 0 heterocycles. The number of hydrogen-bond donors (Lipinski definition) is 0. The lowest BCUT2D eigenvalue weighted by Gasteiger charge is -2.46. The summed E-state index contributed by atoms with van der Waals surface area (Å²) in [6, 6.07) is 3.53. The quantitative estimate of drug-likeness (QED) is 0.0905. The third kappa shape index (κ3) is 8.49. The zero-order valence-electron chi connectivity index (χ0n) is 21.8. The Bertz CT molecular complexity index is 515. The first-order valence-electron chi connectivity index (χ1n) is 12.0. The molecule has 0 aromatic rings. The molecule has 0 unspecified atom stereocenters. The molecular formula is C25H51IO2Si2. The molecule has 2 nitrogen and oxygen atoms in total. The van der Waals surface area contributed by atoms with Crippen LogP contribution in [-0.2, 0) is 8.85 Å². The van der Waals surface area contributed by atoms with E-state index in [1.165, 1.54) is 18.1 Å². The summed E-state index contributed by atoms with van der Waals surface area (Å²) < 4.78 is 15.4. The highest BCUT2D eigenvalue weighted by molar-refractivity contribution is 14.1. The van der Waals surface area contributed by atoms with Crippen molar-refractivity contribution < 1.29 is 8.85 Å². The fourth-order valence-corrected chi connectivity index (χ4v) is 8.87. The van der Waals surface area contributed by atoms with Crippen LogP contribution in [0.2, 0.25) is 36.3 Å². The van der Waals surface area contributed by atoms with E-state index in [-0.39, 0.29) is 17.2 Å². The fourth-order valence-electron chi connectivity index (χ4n) is 3.88. The normalized spacial score (nSPS) is 18.8. The Morgan fingerprint density at radius 1 is 0.933 bits per heavy atom. The molecule has 0 aliphatic carbocycles. The standard InChI is InChI=1S/C25H51IO2Si2/c1-13-17-18-20(5)23(28-30(14-2,15-3)16-4)22(7)24(21(6)19-26)27-29(11,12)25(8,9)10/h13,17-18,20-24H,1,14-16,19H2,2-12H3/t20-,21-,22+,23-,24+/m0/s1. The molecule has 0 N–H and O–H groups in total. The van der Waals surface area contributed by atoms with E-state index in [4.69, 9.17) is 8.85 Å². The minimum Gasteiger partial charge on any atom is -0.413 e. The minimum atomic E-state index is -1.88. The maximum absolute atomic E-state index is 7.17. The van der Waals surface area contributed by atoms with Gasteiger partial charge in [-0.1, -0.05) is 110 Å². The summed E-state index contributed by atoms with van der Waals surface area (Å²) in [7, 11) is -3.62. The molecule has 30 heavy (non-hydrogen) atoms. The van der Waals surface area contributed by atoms with Gasteiger partial charge in [0.05, 0.1) is 12.2 Å². The molecule has 0 bridgehead atoms. The molecular weight excluding hydrogens is 515 g/mol. The lowest BCUT2D eigenvalue weighted by atomic mass is 9.85. The van der Waals surface area contributed by atoms with Crippen molar-refractivity contribution in [2.75, 3.05) is 4.43 Å². The number of allylic oxidation sites excluding steroid dienone is 2. The smallest absolute Gasteiger partial charge is 0.192 e. The number of hydrogen-bond acceptors (Lipinski definition) is 2. The summed E-state index contributed by atoms with van der Waals surface area (Å²) in [6.07, 6.45) is 6.61. The van der Waals surface area contributed by atoms with Gasteiger partial charge in [0.2, 0.25) is 0 Å².